The fourth-order valence-electron chi connectivity index (χ4n) is 3.97. The Balaban J connectivity index is 4.88. The number of aliphatic hydroxyl groups excluding tert-OH is 2. The zero-order valence-electron chi connectivity index (χ0n) is 21.6. The van der Waals surface area contributed by atoms with E-state index in [1.54, 1.807) is 21.3 Å². The van der Waals surface area contributed by atoms with E-state index >= 15 is 0 Å². The molecule has 0 spiro atoms. The van der Waals surface area contributed by atoms with Gasteiger partial charge in [0.25, 0.3) is 0 Å². The molecular weight excluding hydrogens is 412 g/mol. The Labute approximate surface area is 195 Å². The molecule has 0 aliphatic carbocycles. The number of aliphatic hydroxyl groups is 2. The Morgan fingerprint density at radius 1 is 0.812 bits per heavy atom. The second-order valence-electron chi connectivity index (χ2n) is 8.57. The summed E-state index contributed by atoms with van der Waals surface area (Å²) >= 11 is 0. The predicted molar refractivity (Wildman–Crippen MR) is 128 cm³/mol. The van der Waals surface area contributed by atoms with Gasteiger partial charge in [0.05, 0.1) is 18.3 Å². The van der Waals surface area contributed by atoms with Crippen molar-refractivity contribution in [2.75, 3.05) is 35.5 Å². The number of allylic oxidation sites excluding steroid dienone is 2. The van der Waals surface area contributed by atoms with E-state index in [4.69, 9.17) is 23.7 Å². The van der Waals surface area contributed by atoms with Gasteiger partial charge in [0.15, 0.2) is 6.29 Å². The minimum absolute atomic E-state index is 0.0496. The van der Waals surface area contributed by atoms with Gasteiger partial charge in [-0.05, 0) is 38.5 Å². The van der Waals surface area contributed by atoms with E-state index in [-0.39, 0.29) is 24.2 Å². The number of hydrogen-bond acceptors (Lipinski definition) is 7. The van der Waals surface area contributed by atoms with Gasteiger partial charge < -0.3 is 33.9 Å². The first-order valence-corrected chi connectivity index (χ1v) is 11.5. The van der Waals surface area contributed by atoms with Crippen LogP contribution in [0.25, 0.3) is 0 Å². The lowest BCUT2D eigenvalue weighted by molar-refractivity contribution is -0.209. The van der Waals surface area contributed by atoms with Gasteiger partial charge in [-0.1, -0.05) is 44.6 Å². The van der Waals surface area contributed by atoms with E-state index in [1.807, 2.05) is 32.1 Å². The average Bonchev–Trinajstić information content (AvgIpc) is 2.79. The Kier molecular flexibility index (Phi) is 17.2. The quantitative estimate of drug-likeness (QED) is 0.238. The molecule has 0 aromatic heterocycles. The zero-order chi connectivity index (χ0) is 24.7. The van der Waals surface area contributed by atoms with Crippen LogP contribution in [0.15, 0.2) is 23.8 Å². The summed E-state index contributed by atoms with van der Waals surface area (Å²) in [7, 11) is 7.83. The SMILES string of the molecule is CC[C@H](OC)[C@@H](C)CC[C@H](O)[C@H](C)/C=C/C=C(\C)C[C@@H](OC)[C@H](OC)[C@@H](OC)[C@H](O)OC. The van der Waals surface area contributed by atoms with E-state index < -0.39 is 18.5 Å². The maximum Gasteiger partial charge on any atom is 0.183 e. The number of methoxy groups -OCH3 is 5. The monoisotopic (exact) mass is 460 g/mol. The zero-order valence-corrected chi connectivity index (χ0v) is 21.6. The molecule has 8 atom stereocenters. The fourth-order valence-corrected chi connectivity index (χ4v) is 3.97. The minimum atomic E-state index is -1.12. The van der Waals surface area contributed by atoms with Crippen molar-refractivity contribution in [1.29, 1.82) is 0 Å². The van der Waals surface area contributed by atoms with Crippen molar-refractivity contribution in [3.05, 3.63) is 23.8 Å². The normalized spacial score (nSPS) is 20.5. The third-order valence-corrected chi connectivity index (χ3v) is 6.24. The Hall–Kier alpha value is -0.800. The first kappa shape index (κ1) is 31.2. The maximum atomic E-state index is 10.5. The summed E-state index contributed by atoms with van der Waals surface area (Å²) < 4.78 is 27.1. The molecule has 190 valence electrons. The summed E-state index contributed by atoms with van der Waals surface area (Å²) in [4.78, 5) is 0. The van der Waals surface area contributed by atoms with Crippen molar-refractivity contribution < 1.29 is 33.9 Å². The van der Waals surface area contributed by atoms with Crippen LogP contribution < -0.4 is 0 Å². The molecule has 0 fully saturated rings. The Morgan fingerprint density at radius 3 is 1.88 bits per heavy atom. The van der Waals surface area contributed by atoms with Crippen LogP contribution >= 0.6 is 0 Å². The van der Waals surface area contributed by atoms with Crippen LogP contribution in [0.4, 0.5) is 0 Å². The van der Waals surface area contributed by atoms with Crippen molar-refractivity contribution in [3.63, 3.8) is 0 Å². The van der Waals surface area contributed by atoms with Gasteiger partial charge in [-0.3, -0.25) is 0 Å². The molecule has 0 bridgehead atoms. The second-order valence-corrected chi connectivity index (χ2v) is 8.57. The largest absolute Gasteiger partial charge is 0.393 e. The van der Waals surface area contributed by atoms with E-state index in [2.05, 4.69) is 13.8 Å². The van der Waals surface area contributed by atoms with Crippen LogP contribution in [0, 0.1) is 11.8 Å². The fraction of sp³-hybridized carbons (Fsp3) is 0.840. The van der Waals surface area contributed by atoms with Gasteiger partial charge >= 0.3 is 0 Å². The molecular formula is C25H48O7. The lowest BCUT2D eigenvalue weighted by Crippen LogP contribution is -2.48. The molecule has 7 heteroatoms. The van der Waals surface area contributed by atoms with Gasteiger partial charge in [0.2, 0.25) is 0 Å². The van der Waals surface area contributed by atoms with Crippen LogP contribution in [0.5, 0.6) is 0 Å². The third kappa shape index (κ3) is 10.9. The number of ether oxygens (including phenoxy) is 5. The maximum absolute atomic E-state index is 10.5. The Morgan fingerprint density at radius 2 is 1.41 bits per heavy atom. The van der Waals surface area contributed by atoms with E-state index in [9.17, 15) is 10.2 Å². The molecule has 0 aliphatic heterocycles. The molecule has 0 aromatic carbocycles. The molecule has 0 saturated heterocycles. The molecule has 0 amide bonds. The van der Waals surface area contributed by atoms with Crippen molar-refractivity contribution in [1.82, 2.24) is 0 Å². The number of rotatable bonds is 18. The van der Waals surface area contributed by atoms with Crippen LogP contribution in [0.3, 0.4) is 0 Å². The Bertz CT molecular complexity index is 518. The topological polar surface area (TPSA) is 86.6 Å². The first-order chi connectivity index (χ1) is 15.2. The van der Waals surface area contributed by atoms with Gasteiger partial charge in [0, 0.05) is 41.5 Å². The van der Waals surface area contributed by atoms with Crippen molar-refractivity contribution in [3.8, 4) is 0 Å². The van der Waals surface area contributed by atoms with Crippen LogP contribution in [-0.4, -0.2) is 82.6 Å². The summed E-state index contributed by atoms with van der Waals surface area (Å²) in [5, 5.41) is 20.6. The van der Waals surface area contributed by atoms with E-state index in [1.165, 1.54) is 14.2 Å². The molecule has 0 heterocycles. The highest BCUT2D eigenvalue weighted by Crippen LogP contribution is 2.22. The second kappa shape index (κ2) is 17.6. The lowest BCUT2D eigenvalue weighted by Gasteiger charge is -2.33. The summed E-state index contributed by atoms with van der Waals surface area (Å²) in [5.41, 5.74) is 1.08. The standard InChI is InChI=1S/C25H48O7/c1-10-21(28-5)19(4)14-15-20(26)18(3)13-11-12-17(2)16-22(29-6)23(30-7)24(31-8)25(27)32-9/h11-13,18-27H,10,14-16H2,1-9H3/b13-11+,17-12+/t18-,19+,20+,21+,22-,23+,24-,25-/m1/s1. The molecule has 0 aliphatic rings. The average molecular weight is 461 g/mol. The minimum Gasteiger partial charge on any atom is -0.393 e. The third-order valence-electron chi connectivity index (χ3n) is 6.24. The highest BCUT2D eigenvalue weighted by Gasteiger charge is 2.35. The summed E-state index contributed by atoms with van der Waals surface area (Å²) in [6, 6.07) is 0. The highest BCUT2D eigenvalue weighted by atomic mass is 16.6. The van der Waals surface area contributed by atoms with Crippen molar-refractivity contribution in [2.24, 2.45) is 11.8 Å². The van der Waals surface area contributed by atoms with Crippen LogP contribution in [0.2, 0.25) is 0 Å². The van der Waals surface area contributed by atoms with E-state index in [0.717, 1.165) is 24.8 Å². The summed E-state index contributed by atoms with van der Waals surface area (Å²) in [6.45, 7) is 8.34. The smallest absolute Gasteiger partial charge is 0.183 e. The molecule has 2 N–H and O–H groups in total. The van der Waals surface area contributed by atoms with Gasteiger partial charge in [-0.25, -0.2) is 0 Å². The van der Waals surface area contributed by atoms with Crippen molar-refractivity contribution >= 4 is 0 Å². The van der Waals surface area contributed by atoms with Gasteiger partial charge in [0.1, 0.15) is 12.2 Å². The van der Waals surface area contributed by atoms with E-state index in [0.29, 0.717) is 12.3 Å². The van der Waals surface area contributed by atoms with Gasteiger partial charge in [-0.15, -0.1) is 0 Å². The first-order valence-electron chi connectivity index (χ1n) is 11.5. The van der Waals surface area contributed by atoms with Gasteiger partial charge in [-0.2, -0.15) is 0 Å². The molecule has 32 heavy (non-hydrogen) atoms. The molecule has 0 aromatic rings. The summed E-state index contributed by atoms with van der Waals surface area (Å²) in [5.74, 6) is 0.471. The molecule has 0 rings (SSSR count). The van der Waals surface area contributed by atoms with Crippen LogP contribution in [0.1, 0.15) is 53.4 Å². The molecule has 0 saturated carbocycles. The molecule has 7 nitrogen and oxygen atoms in total. The van der Waals surface area contributed by atoms with Crippen LogP contribution in [-0.2, 0) is 23.7 Å². The molecule has 0 radical (unpaired) electrons. The number of hydrogen-bond donors (Lipinski definition) is 2. The predicted octanol–water partition coefficient (Wildman–Crippen LogP) is 3.73. The van der Waals surface area contributed by atoms with Crippen molar-refractivity contribution in [2.45, 2.75) is 90.2 Å². The molecule has 0 unspecified atom stereocenters. The highest BCUT2D eigenvalue weighted by molar-refractivity contribution is 5.13. The summed E-state index contributed by atoms with van der Waals surface area (Å²) in [6.07, 6.45) is 6.49. The lowest BCUT2D eigenvalue weighted by atomic mass is 9.91.